The number of hydrogen-bond acceptors (Lipinski definition) is 5. The van der Waals surface area contributed by atoms with E-state index in [0.717, 1.165) is 50.7 Å². The molecule has 2 N–H and O–H groups in total. The quantitative estimate of drug-likeness (QED) is 0.609. The molecule has 2 fully saturated rings. The van der Waals surface area contributed by atoms with Crippen molar-refractivity contribution >= 4 is 11.9 Å². The number of carbonyl (C=O) groups is 1. The van der Waals surface area contributed by atoms with E-state index in [1.165, 1.54) is 0 Å². The maximum Gasteiger partial charge on any atom is 0.226 e. The molecular weight excluding hydrogens is 308 g/mol. The summed E-state index contributed by atoms with van der Waals surface area (Å²) in [5, 5.41) is 10.3. The third-order valence-corrected chi connectivity index (χ3v) is 4.81. The Balaban J connectivity index is 1.53. The van der Waals surface area contributed by atoms with Crippen LogP contribution < -0.4 is 10.6 Å². The Morgan fingerprint density at radius 3 is 3.08 bits per heavy atom. The number of amides is 1. The molecule has 8 heteroatoms. The van der Waals surface area contributed by atoms with E-state index in [1.807, 2.05) is 6.92 Å². The summed E-state index contributed by atoms with van der Waals surface area (Å²) in [5.41, 5.74) is 0.0661. The van der Waals surface area contributed by atoms with Gasteiger partial charge in [0.05, 0.1) is 0 Å². The summed E-state index contributed by atoms with van der Waals surface area (Å²) in [4.78, 5) is 22.6. The van der Waals surface area contributed by atoms with Gasteiger partial charge in [0.15, 0.2) is 11.8 Å². The number of hydrogen-bond donors (Lipinski definition) is 2. The van der Waals surface area contributed by atoms with Gasteiger partial charge in [0.2, 0.25) is 11.8 Å². The lowest BCUT2D eigenvalue weighted by Crippen LogP contribution is -2.51. The number of likely N-dealkylation sites (tertiary alicyclic amines) is 1. The molecule has 0 saturated carbocycles. The molecule has 1 spiro atoms. The first kappa shape index (κ1) is 16.7. The number of aryl methyl sites for hydroxylation is 1. The van der Waals surface area contributed by atoms with Crippen LogP contribution in [0.15, 0.2) is 9.52 Å². The van der Waals surface area contributed by atoms with Crippen LogP contribution in [-0.4, -0.2) is 60.1 Å². The topological polar surface area (TPSA) is 95.7 Å². The van der Waals surface area contributed by atoms with E-state index in [2.05, 4.69) is 30.7 Å². The molecule has 24 heavy (non-hydrogen) atoms. The smallest absolute Gasteiger partial charge is 0.226 e. The summed E-state index contributed by atoms with van der Waals surface area (Å²) >= 11 is 0. The highest BCUT2D eigenvalue weighted by Crippen LogP contribution is 2.35. The lowest BCUT2D eigenvalue weighted by Gasteiger charge is -2.40. The van der Waals surface area contributed by atoms with Crippen molar-refractivity contribution in [2.45, 2.75) is 39.0 Å². The zero-order valence-corrected chi connectivity index (χ0v) is 14.5. The molecule has 1 aromatic rings. The lowest BCUT2D eigenvalue weighted by molar-refractivity contribution is -0.119. The first-order valence-corrected chi connectivity index (χ1v) is 8.68. The second-order valence-electron chi connectivity index (χ2n) is 6.66. The van der Waals surface area contributed by atoms with Crippen molar-refractivity contribution in [3.63, 3.8) is 0 Å². The lowest BCUT2D eigenvalue weighted by atomic mass is 9.79. The first-order chi connectivity index (χ1) is 11.6. The Kier molecular flexibility index (Phi) is 5.01. The van der Waals surface area contributed by atoms with Crippen molar-refractivity contribution in [1.29, 1.82) is 0 Å². The van der Waals surface area contributed by atoms with Crippen LogP contribution in [-0.2, 0) is 17.6 Å². The number of rotatable bonds is 4. The Bertz CT molecular complexity index is 613. The molecule has 3 rings (SSSR count). The minimum Gasteiger partial charge on any atom is -0.356 e. The Hall–Kier alpha value is -2.12. The molecule has 0 aliphatic carbocycles. The second kappa shape index (κ2) is 7.19. The van der Waals surface area contributed by atoms with Gasteiger partial charge in [0.1, 0.15) is 0 Å². The summed E-state index contributed by atoms with van der Waals surface area (Å²) in [5.74, 6) is 2.44. The van der Waals surface area contributed by atoms with Crippen molar-refractivity contribution in [3.05, 3.63) is 11.7 Å². The third-order valence-electron chi connectivity index (χ3n) is 4.81. The van der Waals surface area contributed by atoms with E-state index in [9.17, 15) is 4.79 Å². The van der Waals surface area contributed by atoms with Gasteiger partial charge in [-0.15, -0.1) is 0 Å². The second-order valence-corrected chi connectivity index (χ2v) is 6.66. The van der Waals surface area contributed by atoms with Gasteiger partial charge in [-0.25, -0.2) is 0 Å². The van der Waals surface area contributed by atoms with Crippen LogP contribution in [0.3, 0.4) is 0 Å². The van der Waals surface area contributed by atoms with E-state index < -0.39 is 0 Å². The molecule has 1 unspecified atom stereocenters. The van der Waals surface area contributed by atoms with E-state index >= 15 is 0 Å². The molecule has 0 bridgehead atoms. The molecule has 2 aliphatic rings. The fourth-order valence-corrected chi connectivity index (χ4v) is 3.58. The zero-order chi connectivity index (χ0) is 17.0. The molecule has 1 aromatic heterocycles. The highest BCUT2D eigenvalue weighted by Gasteiger charge is 2.42. The summed E-state index contributed by atoms with van der Waals surface area (Å²) in [7, 11) is 1.80. The summed E-state index contributed by atoms with van der Waals surface area (Å²) in [6, 6.07) is 0. The van der Waals surface area contributed by atoms with Crippen molar-refractivity contribution in [1.82, 2.24) is 25.7 Å². The highest BCUT2D eigenvalue weighted by molar-refractivity contribution is 5.81. The summed E-state index contributed by atoms with van der Waals surface area (Å²) in [6.07, 6.45) is 4.26. The first-order valence-electron chi connectivity index (χ1n) is 8.68. The molecule has 2 saturated heterocycles. The molecule has 1 amide bonds. The third kappa shape index (κ3) is 3.68. The van der Waals surface area contributed by atoms with Crippen LogP contribution in [0, 0.1) is 5.41 Å². The largest absolute Gasteiger partial charge is 0.356 e. The van der Waals surface area contributed by atoms with Gasteiger partial charge in [-0.05, 0) is 12.8 Å². The minimum absolute atomic E-state index is 0.0661. The average Bonchev–Trinajstić information content (AvgIpc) is 3.18. The van der Waals surface area contributed by atoms with Crippen LogP contribution >= 0.6 is 0 Å². The van der Waals surface area contributed by atoms with E-state index in [-0.39, 0.29) is 11.3 Å². The predicted molar refractivity (Wildman–Crippen MR) is 89.6 cm³/mol. The zero-order valence-electron chi connectivity index (χ0n) is 14.5. The number of nitrogens with zero attached hydrogens (tertiary/aromatic N) is 4. The van der Waals surface area contributed by atoms with Crippen LogP contribution in [0.2, 0.25) is 0 Å². The molecule has 3 heterocycles. The van der Waals surface area contributed by atoms with Gasteiger partial charge in [-0.2, -0.15) is 4.98 Å². The molecule has 8 nitrogen and oxygen atoms in total. The molecule has 132 valence electrons. The van der Waals surface area contributed by atoms with E-state index in [4.69, 9.17) is 4.52 Å². The fourth-order valence-electron chi connectivity index (χ4n) is 3.58. The van der Waals surface area contributed by atoms with Crippen molar-refractivity contribution in [2.75, 3.05) is 33.2 Å². The molecule has 2 aliphatic heterocycles. The number of aliphatic imine (C=N–C) groups is 1. The molecular formula is C16H26N6O2. The monoisotopic (exact) mass is 334 g/mol. The Morgan fingerprint density at radius 2 is 2.42 bits per heavy atom. The van der Waals surface area contributed by atoms with Gasteiger partial charge >= 0.3 is 0 Å². The van der Waals surface area contributed by atoms with Gasteiger partial charge < -0.3 is 20.1 Å². The molecule has 0 aromatic carbocycles. The SMILES string of the molecule is CCc1nc(CCNC(=NC)N2CCCC3(CNC(=O)C3)C2)no1. The van der Waals surface area contributed by atoms with Crippen LogP contribution in [0.1, 0.15) is 37.9 Å². The van der Waals surface area contributed by atoms with Crippen LogP contribution in [0.25, 0.3) is 0 Å². The van der Waals surface area contributed by atoms with Gasteiger partial charge in [0, 0.05) is 57.9 Å². The summed E-state index contributed by atoms with van der Waals surface area (Å²) in [6.45, 7) is 5.32. The molecule has 1 atom stereocenters. The van der Waals surface area contributed by atoms with Crippen molar-refractivity contribution in [3.8, 4) is 0 Å². The average molecular weight is 334 g/mol. The number of guanidine groups is 1. The predicted octanol–water partition coefficient (Wildman–Crippen LogP) is 0.352. The Morgan fingerprint density at radius 1 is 1.54 bits per heavy atom. The number of piperidine rings is 1. The Labute approximate surface area is 142 Å². The fraction of sp³-hybridized carbons (Fsp3) is 0.750. The van der Waals surface area contributed by atoms with E-state index in [1.54, 1.807) is 7.05 Å². The maximum atomic E-state index is 11.6. The van der Waals surface area contributed by atoms with E-state index in [0.29, 0.717) is 25.3 Å². The normalized spacial score (nSPS) is 24.5. The van der Waals surface area contributed by atoms with Crippen LogP contribution in [0.5, 0.6) is 0 Å². The minimum atomic E-state index is 0.0661. The number of aromatic nitrogens is 2. The number of carbonyl (C=O) groups excluding carboxylic acids is 1. The van der Waals surface area contributed by atoms with Gasteiger partial charge in [-0.3, -0.25) is 9.79 Å². The number of nitrogens with one attached hydrogen (secondary N) is 2. The van der Waals surface area contributed by atoms with Crippen molar-refractivity contribution < 1.29 is 9.32 Å². The van der Waals surface area contributed by atoms with Crippen molar-refractivity contribution in [2.24, 2.45) is 10.4 Å². The van der Waals surface area contributed by atoms with Gasteiger partial charge in [0.25, 0.3) is 0 Å². The highest BCUT2D eigenvalue weighted by atomic mass is 16.5. The molecule has 0 radical (unpaired) electrons. The van der Waals surface area contributed by atoms with Crippen LogP contribution in [0.4, 0.5) is 0 Å². The standard InChI is InChI=1S/C16H26N6O2/c1-3-14-20-12(21-24-14)5-7-18-15(17-2)22-8-4-6-16(11-22)9-13(23)19-10-16/h3-11H2,1-2H3,(H,17,18)(H,19,23). The summed E-state index contributed by atoms with van der Waals surface area (Å²) < 4.78 is 5.12. The van der Waals surface area contributed by atoms with Gasteiger partial charge in [-0.1, -0.05) is 12.1 Å². The maximum absolute atomic E-state index is 11.6.